The molecule has 1 aliphatic rings. The van der Waals surface area contributed by atoms with E-state index in [-0.39, 0.29) is 39.6 Å². The summed E-state index contributed by atoms with van der Waals surface area (Å²) in [7, 11) is 0. The number of aliphatic hydroxyl groups excluding tert-OH is 2. The van der Waals surface area contributed by atoms with Crippen LogP contribution in [0.2, 0.25) is 10.0 Å². The molecule has 10 heteroatoms. The Morgan fingerprint density at radius 3 is 2.56 bits per heavy atom. The Morgan fingerprint density at radius 2 is 1.94 bits per heavy atom. The van der Waals surface area contributed by atoms with E-state index in [1.165, 1.54) is 24.3 Å². The molecule has 1 saturated heterocycles. The molecule has 0 radical (unpaired) electrons. The van der Waals surface area contributed by atoms with Crippen molar-refractivity contribution < 1.29 is 23.8 Å². The van der Waals surface area contributed by atoms with Crippen LogP contribution >= 0.6 is 23.2 Å². The number of hydrogen-bond acceptors (Lipinski definition) is 5. The minimum atomic E-state index is -1.56. The molecule has 36 heavy (non-hydrogen) atoms. The van der Waals surface area contributed by atoms with Crippen molar-refractivity contribution in [2.45, 2.75) is 63.3 Å². The van der Waals surface area contributed by atoms with Crippen LogP contribution in [0.4, 0.5) is 8.78 Å². The molecule has 2 aromatic rings. The van der Waals surface area contributed by atoms with Crippen LogP contribution in [-0.2, 0) is 10.3 Å². The van der Waals surface area contributed by atoms with Gasteiger partial charge in [0.2, 0.25) is 5.91 Å². The second-order valence-electron chi connectivity index (χ2n) is 10.6. The van der Waals surface area contributed by atoms with E-state index in [0.29, 0.717) is 6.42 Å². The summed E-state index contributed by atoms with van der Waals surface area (Å²) in [5.74, 6) is -2.93. The lowest BCUT2D eigenvalue weighted by Gasteiger charge is -2.40. The van der Waals surface area contributed by atoms with Crippen LogP contribution in [0.3, 0.4) is 0 Å². The molecule has 1 heterocycles. The van der Waals surface area contributed by atoms with E-state index in [4.69, 9.17) is 34.0 Å². The van der Waals surface area contributed by atoms with Crippen LogP contribution in [0.1, 0.15) is 50.7 Å². The number of halogens is 4. The van der Waals surface area contributed by atoms with Crippen molar-refractivity contribution in [2.75, 3.05) is 13.2 Å². The summed E-state index contributed by atoms with van der Waals surface area (Å²) in [6, 6.07) is 6.91. The molecule has 198 valence electrons. The van der Waals surface area contributed by atoms with Gasteiger partial charge in [-0.25, -0.2) is 8.78 Å². The molecule has 1 amide bonds. The van der Waals surface area contributed by atoms with Gasteiger partial charge in [-0.2, -0.15) is 0 Å². The van der Waals surface area contributed by atoms with Gasteiger partial charge in [0.1, 0.15) is 11.6 Å². The fourth-order valence-corrected chi connectivity index (χ4v) is 5.31. The highest BCUT2D eigenvalue weighted by molar-refractivity contribution is 6.31. The second kappa shape index (κ2) is 11.3. The van der Waals surface area contributed by atoms with Gasteiger partial charge in [0, 0.05) is 29.1 Å². The number of carbonyl (C=O) groups is 1. The average Bonchev–Trinajstić information content (AvgIpc) is 3.06. The van der Waals surface area contributed by atoms with Crippen molar-refractivity contribution in [3.8, 4) is 0 Å². The monoisotopic (exact) mass is 543 g/mol. The second-order valence-corrected chi connectivity index (χ2v) is 11.4. The number of rotatable bonds is 8. The van der Waals surface area contributed by atoms with Crippen LogP contribution in [0, 0.1) is 17.0 Å². The summed E-state index contributed by atoms with van der Waals surface area (Å²) in [5.41, 5.74) is 5.45. The molecular weight excluding hydrogens is 511 g/mol. The largest absolute Gasteiger partial charge is 0.394 e. The minimum Gasteiger partial charge on any atom is -0.394 e. The van der Waals surface area contributed by atoms with Gasteiger partial charge in [-0.05, 0) is 42.0 Å². The van der Waals surface area contributed by atoms with Gasteiger partial charge >= 0.3 is 0 Å². The Kier molecular flexibility index (Phi) is 9.02. The molecule has 1 fully saturated rings. The average molecular weight is 544 g/mol. The topological polar surface area (TPSA) is 108 Å². The van der Waals surface area contributed by atoms with E-state index in [1.807, 2.05) is 20.8 Å². The van der Waals surface area contributed by atoms with Gasteiger partial charge in [-0.15, -0.1) is 0 Å². The highest BCUT2D eigenvalue weighted by Crippen LogP contribution is 2.49. The molecule has 6 N–H and O–H groups in total. The molecule has 6 nitrogen and oxygen atoms in total. The zero-order chi connectivity index (χ0) is 26.8. The summed E-state index contributed by atoms with van der Waals surface area (Å²) in [6.45, 7) is 5.60. The number of nitrogens with two attached hydrogens (primary N) is 1. The maximum absolute atomic E-state index is 15.5. The van der Waals surface area contributed by atoms with Crippen molar-refractivity contribution >= 4 is 29.1 Å². The van der Waals surface area contributed by atoms with Gasteiger partial charge < -0.3 is 26.6 Å². The number of amides is 1. The standard InChI is InChI=1S/C26H33Cl2F2N3O3/c1-25(2,3)12-20-26(31,17-8-7-14(27)11-19(17)29)21(16-5-4-6-18(28)22(16)30)23(33-20)24(36)32-10-9-15(35)13-34/h4-8,11,15,20-21,23,33-35H,9-10,12-13,31H2,1-3H3,(H,32,36)/t15-,20-,21-,23-,26+/m0/s1. The van der Waals surface area contributed by atoms with Gasteiger partial charge in [-0.3, -0.25) is 4.79 Å². The van der Waals surface area contributed by atoms with E-state index >= 15 is 8.78 Å². The summed E-state index contributed by atoms with van der Waals surface area (Å²) in [5, 5.41) is 24.7. The molecule has 3 rings (SSSR count). The number of carbonyl (C=O) groups excluding carboxylic acids is 1. The summed E-state index contributed by atoms with van der Waals surface area (Å²) in [6.07, 6.45) is -0.429. The number of hydrogen-bond donors (Lipinski definition) is 5. The van der Waals surface area contributed by atoms with Crippen molar-refractivity contribution in [2.24, 2.45) is 11.1 Å². The van der Waals surface area contributed by atoms with Crippen molar-refractivity contribution in [1.29, 1.82) is 0 Å². The first-order valence-electron chi connectivity index (χ1n) is 11.8. The zero-order valence-corrected chi connectivity index (χ0v) is 22.0. The molecule has 0 aliphatic carbocycles. The van der Waals surface area contributed by atoms with Gasteiger partial charge in [0.15, 0.2) is 0 Å². The molecule has 0 unspecified atom stereocenters. The lowest BCUT2D eigenvalue weighted by atomic mass is 9.68. The van der Waals surface area contributed by atoms with Crippen molar-refractivity contribution in [1.82, 2.24) is 10.6 Å². The molecule has 0 bridgehead atoms. The van der Waals surface area contributed by atoms with Gasteiger partial charge in [0.05, 0.1) is 29.3 Å². The SMILES string of the molecule is CC(C)(C)C[C@@H]1N[C@H](C(=O)NCC[C@H](O)CO)[C@H](c2cccc(Cl)c2F)[C@@]1(N)c1ccc(Cl)cc1F. The van der Waals surface area contributed by atoms with Gasteiger partial charge in [-0.1, -0.05) is 62.2 Å². The lowest BCUT2D eigenvalue weighted by Crippen LogP contribution is -2.52. The van der Waals surface area contributed by atoms with E-state index in [0.717, 1.165) is 6.07 Å². The first-order valence-corrected chi connectivity index (χ1v) is 12.6. The predicted molar refractivity (Wildman–Crippen MR) is 137 cm³/mol. The third-order valence-electron chi connectivity index (χ3n) is 6.61. The lowest BCUT2D eigenvalue weighted by molar-refractivity contribution is -0.123. The van der Waals surface area contributed by atoms with E-state index < -0.39 is 53.8 Å². The number of nitrogens with one attached hydrogen (secondary N) is 2. The summed E-state index contributed by atoms with van der Waals surface area (Å²) in [4.78, 5) is 13.4. The maximum Gasteiger partial charge on any atom is 0.237 e. The Morgan fingerprint density at radius 1 is 1.25 bits per heavy atom. The number of aliphatic hydroxyl groups is 2. The van der Waals surface area contributed by atoms with Crippen LogP contribution in [0.15, 0.2) is 36.4 Å². The van der Waals surface area contributed by atoms with E-state index in [1.54, 1.807) is 6.07 Å². The molecule has 5 atom stereocenters. The quantitative estimate of drug-likeness (QED) is 0.347. The third-order valence-corrected chi connectivity index (χ3v) is 7.13. The Bertz CT molecular complexity index is 1100. The third kappa shape index (κ3) is 6.01. The molecule has 0 saturated carbocycles. The van der Waals surface area contributed by atoms with Crippen LogP contribution in [0.25, 0.3) is 0 Å². The minimum absolute atomic E-state index is 0.0697. The number of benzene rings is 2. The molecule has 0 spiro atoms. The fraction of sp³-hybridized carbons (Fsp3) is 0.500. The van der Waals surface area contributed by atoms with Crippen molar-refractivity contribution in [3.63, 3.8) is 0 Å². The highest BCUT2D eigenvalue weighted by atomic mass is 35.5. The van der Waals surface area contributed by atoms with Crippen LogP contribution in [0.5, 0.6) is 0 Å². The maximum atomic E-state index is 15.5. The molecule has 2 aromatic carbocycles. The van der Waals surface area contributed by atoms with E-state index in [9.17, 15) is 9.90 Å². The smallest absolute Gasteiger partial charge is 0.237 e. The summed E-state index contributed by atoms with van der Waals surface area (Å²) >= 11 is 12.1. The zero-order valence-electron chi connectivity index (χ0n) is 20.5. The first-order chi connectivity index (χ1) is 16.8. The Labute approximate surface area is 220 Å². The molecule has 0 aromatic heterocycles. The van der Waals surface area contributed by atoms with Gasteiger partial charge in [0.25, 0.3) is 0 Å². The van der Waals surface area contributed by atoms with Crippen molar-refractivity contribution in [3.05, 3.63) is 69.2 Å². The Hall–Kier alpha value is -1.81. The van der Waals surface area contributed by atoms with E-state index in [2.05, 4.69) is 10.6 Å². The van der Waals surface area contributed by atoms with Crippen LogP contribution < -0.4 is 16.4 Å². The Balaban J connectivity index is 2.17. The molecular formula is C26H33Cl2F2N3O3. The highest BCUT2D eigenvalue weighted by Gasteiger charge is 2.58. The fourth-order valence-electron chi connectivity index (χ4n) is 4.97. The van der Waals surface area contributed by atoms with Crippen LogP contribution in [-0.4, -0.2) is 47.5 Å². The summed E-state index contributed by atoms with van der Waals surface area (Å²) < 4.78 is 30.9. The predicted octanol–water partition coefficient (Wildman–Crippen LogP) is 3.85. The normalized spacial score (nSPS) is 25.1. The first kappa shape index (κ1) is 28.8. The molecule has 1 aliphatic heterocycles.